The third-order valence-electron chi connectivity index (χ3n) is 1.23. The zero-order valence-corrected chi connectivity index (χ0v) is 7.63. The van der Waals surface area contributed by atoms with E-state index in [0.29, 0.717) is 6.42 Å². The molecule has 4 N–H and O–H groups in total. The van der Waals surface area contributed by atoms with Gasteiger partial charge >= 0.3 is 0 Å². The molecule has 0 aromatic heterocycles. The van der Waals surface area contributed by atoms with Crippen LogP contribution in [0.2, 0.25) is 0 Å². The lowest BCUT2D eigenvalue weighted by Gasteiger charge is -2.03. The lowest BCUT2D eigenvalue weighted by Crippen LogP contribution is -2.29. The molecule has 0 aliphatic heterocycles. The van der Waals surface area contributed by atoms with E-state index in [2.05, 4.69) is 15.6 Å². The third kappa shape index (κ3) is 8.77. The Labute approximate surface area is 76.8 Å². The maximum atomic E-state index is 10.9. The Hall–Kier alpha value is -1.14. The predicted molar refractivity (Wildman–Crippen MR) is 46.4 cm³/mol. The highest BCUT2D eigenvalue weighted by Crippen LogP contribution is 1.86. The summed E-state index contributed by atoms with van der Waals surface area (Å²) in [5.41, 5.74) is 6.88. The number of nitrogens with two attached hydrogens (primary N) is 1. The van der Waals surface area contributed by atoms with Crippen molar-refractivity contribution in [1.29, 1.82) is 0 Å². The van der Waals surface area contributed by atoms with Gasteiger partial charge in [-0.25, -0.2) is 5.48 Å². The fourth-order valence-electron chi connectivity index (χ4n) is 0.664. The van der Waals surface area contributed by atoms with E-state index in [1.165, 1.54) is 0 Å². The zero-order chi connectivity index (χ0) is 10.1. The van der Waals surface area contributed by atoms with Crippen LogP contribution in [0.4, 0.5) is 0 Å². The summed E-state index contributed by atoms with van der Waals surface area (Å²) in [4.78, 5) is 25.6. The second kappa shape index (κ2) is 7.51. The summed E-state index contributed by atoms with van der Waals surface area (Å²) in [6.45, 7) is 0.473. The number of hydrogen-bond acceptors (Lipinski definition) is 4. The quantitative estimate of drug-likeness (QED) is 0.336. The van der Waals surface area contributed by atoms with Gasteiger partial charge in [-0.2, -0.15) is 0 Å². The topological polar surface area (TPSA) is 93.4 Å². The highest BCUT2D eigenvalue weighted by Gasteiger charge is 2.00. The molecule has 0 aromatic rings. The Morgan fingerprint density at radius 2 is 2.15 bits per heavy atom. The van der Waals surface area contributed by atoms with Crippen LogP contribution in [-0.4, -0.2) is 32.0 Å². The Morgan fingerprint density at radius 3 is 2.69 bits per heavy atom. The normalized spacial score (nSPS) is 9.62. The van der Waals surface area contributed by atoms with Gasteiger partial charge in [0.1, 0.15) is 0 Å². The molecular weight excluding hydrogens is 174 g/mol. The summed E-state index contributed by atoms with van der Waals surface area (Å²) in [6, 6.07) is 0. The number of rotatable bonds is 7. The smallest absolute Gasteiger partial charge is 0.246 e. The molecular formula is C7H15N3O3. The second-order valence-corrected chi connectivity index (χ2v) is 2.49. The van der Waals surface area contributed by atoms with Crippen molar-refractivity contribution in [2.24, 2.45) is 5.73 Å². The van der Waals surface area contributed by atoms with Crippen LogP contribution < -0.4 is 16.5 Å². The SMILES string of the molecule is CNCCCC(=O)NOCC(N)=O. The maximum absolute atomic E-state index is 10.9. The molecule has 13 heavy (non-hydrogen) atoms. The number of amides is 2. The van der Waals surface area contributed by atoms with Gasteiger partial charge in [0, 0.05) is 6.42 Å². The van der Waals surface area contributed by atoms with E-state index in [9.17, 15) is 9.59 Å². The summed E-state index contributed by atoms with van der Waals surface area (Å²) in [5.74, 6) is -0.868. The molecule has 0 fully saturated rings. The summed E-state index contributed by atoms with van der Waals surface area (Å²) >= 11 is 0. The van der Waals surface area contributed by atoms with Crippen LogP contribution in [0.3, 0.4) is 0 Å². The van der Waals surface area contributed by atoms with Gasteiger partial charge in [0.15, 0.2) is 6.61 Å². The van der Waals surface area contributed by atoms with Crippen molar-refractivity contribution < 1.29 is 14.4 Å². The molecule has 0 aliphatic carbocycles. The first-order valence-electron chi connectivity index (χ1n) is 4.00. The van der Waals surface area contributed by atoms with Crippen molar-refractivity contribution in [3.63, 3.8) is 0 Å². The fraction of sp³-hybridized carbons (Fsp3) is 0.714. The molecule has 6 heteroatoms. The van der Waals surface area contributed by atoms with Gasteiger partial charge in [-0.3, -0.25) is 14.4 Å². The van der Waals surface area contributed by atoms with Crippen molar-refractivity contribution in [3.8, 4) is 0 Å². The van der Waals surface area contributed by atoms with Gasteiger partial charge in [-0.1, -0.05) is 0 Å². The maximum Gasteiger partial charge on any atom is 0.246 e. The summed E-state index contributed by atoms with van der Waals surface area (Å²) < 4.78 is 0. The molecule has 0 saturated heterocycles. The number of hydroxylamine groups is 1. The molecule has 0 atom stereocenters. The first-order chi connectivity index (χ1) is 6.16. The Morgan fingerprint density at radius 1 is 1.46 bits per heavy atom. The molecule has 6 nitrogen and oxygen atoms in total. The van der Waals surface area contributed by atoms with Gasteiger partial charge in [0.2, 0.25) is 11.8 Å². The number of carbonyl (C=O) groups excluding carboxylic acids is 2. The second-order valence-electron chi connectivity index (χ2n) is 2.49. The standard InChI is InChI=1S/C7H15N3O3/c1-9-4-2-3-7(12)10-13-5-6(8)11/h9H,2-5H2,1H3,(H2,8,11)(H,10,12). The van der Waals surface area contributed by atoms with Gasteiger partial charge in [-0.05, 0) is 20.0 Å². The average Bonchev–Trinajstić information content (AvgIpc) is 2.04. The monoisotopic (exact) mass is 189 g/mol. The van der Waals surface area contributed by atoms with Crippen LogP contribution in [0.1, 0.15) is 12.8 Å². The van der Waals surface area contributed by atoms with E-state index in [0.717, 1.165) is 13.0 Å². The number of hydrogen-bond donors (Lipinski definition) is 3. The molecule has 0 saturated carbocycles. The third-order valence-corrected chi connectivity index (χ3v) is 1.23. The summed E-state index contributed by atoms with van der Waals surface area (Å²) in [5, 5.41) is 2.90. The fourth-order valence-corrected chi connectivity index (χ4v) is 0.664. The Kier molecular flexibility index (Phi) is 6.85. The lowest BCUT2D eigenvalue weighted by molar-refractivity contribution is -0.138. The van der Waals surface area contributed by atoms with Crippen LogP contribution in [0.25, 0.3) is 0 Å². The molecule has 0 unspecified atom stereocenters. The highest BCUT2D eigenvalue weighted by molar-refractivity contribution is 5.76. The minimum atomic E-state index is -0.615. The van der Waals surface area contributed by atoms with Crippen molar-refractivity contribution in [2.75, 3.05) is 20.2 Å². The van der Waals surface area contributed by atoms with Crippen LogP contribution >= 0.6 is 0 Å². The predicted octanol–water partition coefficient (Wildman–Crippen LogP) is -1.48. The minimum Gasteiger partial charge on any atom is -0.368 e. The first kappa shape index (κ1) is 11.9. The molecule has 0 aromatic carbocycles. The van der Waals surface area contributed by atoms with E-state index >= 15 is 0 Å². The molecule has 76 valence electrons. The van der Waals surface area contributed by atoms with Gasteiger partial charge < -0.3 is 11.1 Å². The van der Waals surface area contributed by atoms with Crippen molar-refractivity contribution in [3.05, 3.63) is 0 Å². The van der Waals surface area contributed by atoms with Crippen molar-refractivity contribution in [2.45, 2.75) is 12.8 Å². The van der Waals surface area contributed by atoms with Gasteiger partial charge in [-0.15, -0.1) is 0 Å². The van der Waals surface area contributed by atoms with Crippen LogP contribution in [0.15, 0.2) is 0 Å². The molecule has 2 amide bonds. The number of nitrogens with one attached hydrogen (secondary N) is 2. The summed E-state index contributed by atoms with van der Waals surface area (Å²) in [6.07, 6.45) is 1.09. The lowest BCUT2D eigenvalue weighted by atomic mass is 10.3. The summed E-state index contributed by atoms with van der Waals surface area (Å²) in [7, 11) is 1.81. The van der Waals surface area contributed by atoms with Crippen molar-refractivity contribution in [1.82, 2.24) is 10.8 Å². The molecule has 0 radical (unpaired) electrons. The molecule has 0 spiro atoms. The average molecular weight is 189 g/mol. The largest absolute Gasteiger partial charge is 0.368 e. The minimum absolute atomic E-state index is 0.253. The van der Waals surface area contributed by atoms with Crippen LogP contribution in [0, 0.1) is 0 Å². The first-order valence-corrected chi connectivity index (χ1v) is 4.00. The molecule has 0 aliphatic rings. The Bertz CT molecular complexity index is 172. The molecule has 0 heterocycles. The van der Waals surface area contributed by atoms with Gasteiger partial charge in [0.25, 0.3) is 0 Å². The number of primary amides is 1. The van der Waals surface area contributed by atoms with Crippen molar-refractivity contribution >= 4 is 11.8 Å². The Balaban J connectivity index is 3.25. The molecule has 0 rings (SSSR count). The van der Waals surface area contributed by atoms with Crippen LogP contribution in [-0.2, 0) is 14.4 Å². The highest BCUT2D eigenvalue weighted by atomic mass is 16.7. The number of carbonyl (C=O) groups is 2. The zero-order valence-electron chi connectivity index (χ0n) is 7.63. The van der Waals surface area contributed by atoms with Gasteiger partial charge in [0.05, 0.1) is 0 Å². The van der Waals surface area contributed by atoms with E-state index in [1.54, 1.807) is 0 Å². The molecule has 0 bridgehead atoms. The van der Waals surface area contributed by atoms with E-state index in [1.807, 2.05) is 7.05 Å². The van der Waals surface area contributed by atoms with E-state index in [-0.39, 0.29) is 12.5 Å². The van der Waals surface area contributed by atoms with E-state index in [4.69, 9.17) is 5.73 Å². The van der Waals surface area contributed by atoms with Crippen LogP contribution in [0.5, 0.6) is 0 Å². The van der Waals surface area contributed by atoms with E-state index < -0.39 is 5.91 Å².